The van der Waals surface area contributed by atoms with Crippen LogP contribution in [0, 0.1) is 11.8 Å². The van der Waals surface area contributed by atoms with E-state index in [1.54, 1.807) is 0 Å². The van der Waals surface area contributed by atoms with Gasteiger partial charge in [-0.1, -0.05) is 31.9 Å². The van der Waals surface area contributed by atoms with Gasteiger partial charge in [-0.15, -0.1) is 0 Å². The van der Waals surface area contributed by atoms with Crippen molar-refractivity contribution >= 4 is 41.7 Å². The molecule has 5 heteroatoms. The number of halogens is 2. The predicted octanol–water partition coefficient (Wildman–Crippen LogP) is 2.75. The first-order valence-corrected chi connectivity index (χ1v) is 9.29. The second kappa shape index (κ2) is 4.65. The van der Waals surface area contributed by atoms with Crippen LogP contribution < -0.4 is 0 Å². The summed E-state index contributed by atoms with van der Waals surface area (Å²) in [7, 11) is -2.74. The van der Waals surface area contributed by atoms with Gasteiger partial charge in [0.15, 0.2) is 9.84 Å². The van der Waals surface area contributed by atoms with Crippen molar-refractivity contribution in [3.63, 3.8) is 0 Å². The number of alkyl halides is 2. The summed E-state index contributed by atoms with van der Waals surface area (Å²) in [6.07, 6.45) is 3.59. The first-order valence-electron chi connectivity index (χ1n) is 5.44. The van der Waals surface area contributed by atoms with Gasteiger partial charge in [0.1, 0.15) is 0 Å². The fourth-order valence-electron chi connectivity index (χ4n) is 2.93. The number of fused-ring (bicyclic) bond motifs is 2. The standard InChI is InChI=1S/C10H16Br2O2S/c11-5-8(6-12)7-3-9-1-2-10(4-7)15(9,13)14/h7-10H,1-6H2. The average Bonchev–Trinajstić information content (AvgIpc) is 2.43. The summed E-state index contributed by atoms with van der Waals surface area (Å²) in [5.41, 5.74) is 0. The highest BCUT2D eigenvalue weighted by Crippen LogP contribution is 2.44. The molecule has 0 saturated carbocycles. The summed E-state index contributed by atoms with van der Waals surface area (Å²) in [5, 5.41) is 1.90. The normalized spacial score (nSPS) is 38.5. The van der Waals surface area contributed by atoms with Gasteiger partial charge in [0.25, 0.3) is 0 Å². The zero-order chi connectivity index (χ0) is 11.1. The van der Waals surface area contributed by atoms with Gasteiger partial charge in [-0.2, -0.15) is 0 Å². The number of hydrogen-bond donors (Lipinski definition) is 0. The summed E-state index contributed by atoms with van der Waals surface area (Å²) >= 11 is 7.04. The third-order valence-corrected chi connectivity index (χ3v) is 8.31. The highest BCUT2D eigenvalue weighted by atomic mass is 79.9. The van der Waals surface area contributed by atoms with Gasteiger partial charge in [0, 0.05) is 10.7 Å². The fourth-order valence-corrected chi connectivity index (χ4v) is 7.56. The van der Waals surface area contributed by atoms with E-state index in [1.165, 1.54) is 0 Å². The molecule has 2 heterocycles. The van der Waals surface area contributed by atoms with E-state index in [1.807, 2.05) is 0 Å². The minimum absolute atomic E-state index is 0.0261. The minimum Gasteiger partial charge on any atom is -0.228 e. The van der Waals surface area contributed by atoms with Crippen molar-refractivity contribution in [1.82, 2.24) is 0 Å². The Kier molecular flexibility index (Phi) is 3.83. The predicted molar refractivity (Wildman–Crippen MR) is 69.5 cm³/mol. The molecule has 0 radical (unpaired) electrons. The van der Waals surface area contributed by atoms with Crippen molar-refractivity contribution in [1.29, 1.82) is 0 Å². The quantitative estimate of drug-likeness (QED) is 0.726. The lowest BCUT2D eigenvalue weighted by atomic mass is 9.88. The van der Waals surface area contributed by atoms with Crippen molar-refractivity contribution < 1.29 is 8.42 Å². The molecule has 0 aliphatic carbocycles. The van der Waals surface area contributed by atoms with Crippen LogP contribution in [0.2, 0.25) is 0 Å². The monoisotopic (exact) mass is 358 g/mol. The molecule has 0 N–H and O–H groups in total. The summed E-state index contributed by atoms with van der Waals surface area (Å²) in [4.78, 5) is 0. The van der Waals surface area contributed by atoms with Gasteiger partial charge in [0.2, 0.25) is 0 Å². The summed E-state index contributed by atoms with van der Waals surface area (Å²) in [6, 6.07) is 0. The van der Waals surface area contributed by atoms with E-state index in [-0.39, 0.29) is 10.5 Å². The molecule has 0 aromatic carbocycles. The second-order valence-corrected chi connectivity index (χ2v) is 8.52. The molecule has 2 fully saturated rings. The Bertz CT molecular complexity index is 304. The van der Waals surface area contributed by atoms with E-state index in [0.717, 1.165) is 36.3 Å². The molecule has 2 unspecified atom stereocenters. The number of hydrogen-bond acceptors (Lipinski definition) is 2. The molecular formula is C10H16Br2O2S. The molecule has 0 amide bonds. The summed E-state index contributed by atoms with van der Waals surface area (Å²) in [6.45, 7) is 0. The third-order valence-electron chi connectivity index (χ3n) is 3.93. The van der Waals surface area contributed by atoms with Gasteiger partial charge in [-0.25, -0.2) is 8.42 Å². The Hall–Kier alpha value is 0.910. The van der Waals surface area contributed by atoms with E-state index in [4.69, 9.17) is 0 Å². The number of rotatable bonds is 3. The Balaban J connectivity index is 2.12. The molecule has 0 aromatic heterocycles. The van der Waals surface area contributed by atoms with Crippen molar-refractivity contribution in [2.45, 2.75) is 36.2 Å². The molecule has 2 saturated heterocycles. The van der Waals surface area contributed by atoms with E-state index >= 15 is 0 Å². The lowest BCUT2D eigenvalue weighted by Crippen LogP contribution is -2.36. The van der Waals surface area contributed by atoms with Gasteiger partial charge in [-0.05, 0) is 37.5 Å². The Morgan fingerprint density at radius 2 is 1.53 bits per heavy atom. The Morgan fingerprint density at radius 1 is 1.07 bits per heavy atom. The second-order valence-electron chi connectivity index (χ2n) is 4.71. The van der Waals surface area contributed by atoms with Crippen LogP contribution >= 0.6 is 31.9 Å². The first kappa shape index (κ1) is 12.4. The summed E-state index contributed by atoms with van der Waals surface area (Å²) < 4.78 is 23.8. The van der Waals surface area contributed by atoms with Crippen LogP contribution in [0.3, 0.4) is 0 Å². The Labute approximate surface area is 108 Å². The minimum atomic E-state index is -2.74. The molecule has 2 bridgehead atoms. The van der Waals surface area contributed by atoms with Crippen molar-refractivity contribution in [3.8, 4) is 0 Å². The first-order chi connectivity index (χ1) is 7.09. The van der Waals surface area contributed by atoms with Crippen LogP contribution in [-0.4, -0.2) is 29.6 Å². The molecule has 2 aliphatic rings. The maximum absolute atomic E-state index is 11.9. The zero-order valence-corrected chi connectivity index (χ0v) is 12.5. The highest BCUT2D eigenvalue weighted by Gasteiger charge is 2.47. The lowest BCUT2D eigenvalue weighted by molar-refractivity contribution is 0.338. The third kappa shape index (κ3) is 2.16. The molecular weight excluding hydrogens is 344 g/mol. The van der Waals surface area contributed by atoms with Crippen molar-refractivity contribution in [3.05, 3.63) is 0 Å². The van der Waals surface area contributed by atoms with Crippen LogP contribution in [0.1, 0.15) is 25.7 Å². The van der Waals surface area contributed by atoms with E-state index < -0.39 is 9.84 Å². The zero-order valence-electron chi connectivity index (χ0n) is 8.53. The SMILES string of the molecule is O=S1(=O)C2CCC1CC(C(CBr)CBr)C2. The molecule has 2 aliphatic heterocycles. The molecule has 2 nitrogen and oxygen atoms in total. The highest BCUT2D eigenvalue weighted by molar-refractivity contribution is 9.09. The maximum atomic E-state index is 11.9. The molecule has 88 valence electrons. The van der Waals surface area contributed by atoms with Gasteiger partial charge >= 0.3 is 0 Å². The van der Waals surface area contributed by atoms with E-state index in [0.29, 0.717) is 11.8 Å². The number of sulfone groups is 1. The maximum Gasteiger partial charge on any atom is 0.156 e. The van der Waals surface area contributed by atoms with Crippen LogP contribution in [0.4, 0.5) is 0 Å². The van der Waals surface area contributed by atoms with Crippen molar-refractivity contribution in [2.24, 2.45) is 11.8 Å². The summed E-state index contributed by atoms with van der Waals surface area (Å²) in [5.74, 6) is 1.17. The average molecular weight is 360 g/mol. The molecule has 0 spiro atoms. The molecule has 2 rings (SSSR count). The fraction of sp³-hybridized carbons (Fsp3) is 1.00. The van der Waals surface area contributed by atoms with Crippen LogP contribution in [0.5, 0.6) is 0 Å². The topological polar surface area (TPSA) is 34.1 Å². The smallest absolute Gasteiger partial charge is 0.156 e. The van der Waals surface area contributed by atoms with Gasteiger partial charge in [0.05, 0.1) is 10.5 Å². The van der Waals surface area contributed by atoms with E-state index in [2.05, 4.69) is 31.9 Å². The van der Waals surface area contributed by atoms with Gasteiger partial charge < -0.3 is 0 Å². The van der Waals surface area contributed by atoms with E-state index in [9.17, 15) is 8.42 Å². The molecule has 0 aromatic rings. The van der Waals surface area contributed by atoms with Gasteiger partial charge in [-0.3, -0.25) is 0 Å². The van der Waals surface area contributed by atoms with Crippen LogP contribution in [0.25, 0.3) is 0 Å². The largest absolute Gasteiger partial charge is 0.228 e. The van der Waals surface area contributed by atoms with Crippen molar-refractivity contribution in [2.75, 3.05) is 10.7 Å². The molecule has 2 atom stereocenters. The molecule has 15 heavy (non-hydrogen) atoms. The lowest BCUT2D eigenvalue weighted by Gasteiger charge is -2.32. The Morgan fingerprint density at radius 3 is 1.93 bits per heavy atom. The van der Waals surface area contributed by atoms with Crippen LogP contribution in [-0.2, 0) is 9.84 Å². The van der Waals surface area contributed by atoms with Crippen LogP contribution in [0.15, 0.2) is 0 Å².